The highest BCUT2D eigenvalue weighted by Gasteiger charge is 2.02. The summed E-state index contributed by atoms with van der Waals surface area (Å²) in [6.07, 6.45) is 1.73. The molecule has 0 N–H and O–H groups in total. The summed E-state index contributed by atoms with van der Waals surface area (Å²) in [7, 11) is 4.00. The minimum absolute atomic E-state index is 0.538. The van der Waals surface area contributed by atoms with E-state index < -0.39 is 0 Å². The fourth-order valence-corrected chi connectivity index (χ4v) is 1.38. The van der Waals surface area contributed by atoms with E-state index in [4.69, 9.17) is 4.74 Å². The summed E-state index contributed by atoms with van der Waals surface area (Å²) < 4.78 is 5.47. The molecule has 0 aliphatic rings. The minimum atomic E-state index is 0.538. The van der Waals surface area contributed by atoms with Gasteiger partial charge in [0.05, 0.1) is 5.69 Å². The monoisotopic (exact) mass is 244 g/mol. The molecule has 0 aliphatic carbocycles. The van der Waals surface area contributed by atoms with E-state index in [1.165, 1.54) is 0 Å². The molecule has 2 aromatic heterocycles. The van der Waals surface area contributed by atoms with Crippen molar-refractivity contribution in [3.05, 3.63) is 36.5 Å². The van der Waals surface area contributed by atoms with Gasteiger partial charge in [-0.2, -0.15) is 0 Å². The molecule has 0 saturated heterocycles. The van der Waals surface area contributed by atoms with E-state index >= 15 is 0 Å². The maximum atomic E-state index is 5.47. The normalized spacial score (nSPS) is 10.6. The lowest BCUT2D eigenvalue weighted by Gasteiger charge is -2.09. The third-order valence-electron chi connectivity index (χ3n) is 2.36. The first-order valence-electron chi connectivity index (χ1n) is 5.78. The standard InChI is InChI=1S/C13H16N4O/c1-17(2)9-10-18-13-7-6-12(15-16-13)11-5-3-4-8-14-11/h3-8H,9-10H2,1-2H3. The predicted octanol–water partition coefficient (Wildman–Crippen LogP) is 1.48. The molecular weight excluding hydrogens is 228 g/mol. The second-order valence-corrected chi connectivity index (χ2v) is 4.12. The van der Waals surface area contributed by atoms with Crippen LogP contribution in [0.5, 0.6) is 5.88 Å². The lowest BCUT2D eigenvalue weighted by molar-refractivity contribution is 0.252. The largest absolute Gasteiger partial charge is 0.475 e. The van der Waals surface area contributed by atoms with Gasteiger partial charge in [-0.25, -0.2) is 0 Å². The first-order chi connectivity index (χ1) is 8.75. The molecule has 94 valence electrons. The van der Waals surface area contributed by atoms with Gasteiger partial charge in [0.25, 0.3) is 0 Å². The van der Waals surface area contributed by atoms with E-state index in [-0.39, 0.29) is 0 Å². The maximum Gasteiger partial charge on any atom is 0.233 e. The third kappa shape index (κ3) is 3.49. The van der Waals surface area contributed by atoms with Crippen LogP contribution in [0.15, 0.2) is 36.5 Å². The summed E-state index contributed by atoms with van der Waals surface area (Å²) in [6, 6.07) is 9.37. The number of rotatable bonds is 5. The van der Waals surface area contributed by atoms with Gasteiger partial charge < -0.3 is 9.64 Å². The number of pyridine rings is 1. The Labute approximate surface area is 106 Å². The molecule has 0 radical (unpaired) electrons. The number of aromatic nitrogens is 3. The van der Waals surface area contributed by atoms with Crippen molar-refractivity contribution in [3.8, 4) is 17.3 Å². The number of hydrogen-bond donors (Lipinski definition) is 0. The molecule has 2 aromatic rings. The van der Waals surface area contributed by atoms with Crippen molar-refractivity contribution >= 4 is 0 Å². The van der Waals surface area contributed by atoms with E-state index in [9.17, 15) is 0 Å². The molecule has 5 nitrogen and oxygen atoms in total. The maximum absolute atomic E-state index is 5.47. The van der Waals surface area contributed by atoms with Crippen molar-refractivity contribution in [1.29, 1.82) is 0 Å². The van der Waals surface area contributed by atoms with Gasteiger partial charge in [0.15, 0.2) is 0 Å². The van der Waals surface area contributed by atoms with Gasteiger partial charge >= 0.3 is 0 Å². The summed E-state index contributed by atoms with van der Waals surface area (Å²) in [5.41, 5.74) is 1.56. The van der Waals surface area contributed by atoms with Crippen molar-refractivity contribution in [3.63, 3.8) is 0 Å². The molecular formula is C13H16N4O. The van der Waals surface area contributed by atoms with Crippen LogP contribution in [0.1, 0.15) is 0 Å². The molecule has 0 aromatic carbocycles. The second-order valence-electron chi connectivity index (χ2n) is 4.12. The van der Waals surface area contributed by atoms with Crippen molar-refractivity contribution in [2.75, 3.05) is 27.2 Å². The molecule has 18 heavy (non-hydrogen) atoms. The van der Waals surface area contributed by atoms with Gasteiger partial charge in [0.2, 0.25) is 5.88 Å². The second kappa shape index (κ2) is 6.07. The van der Waals surface area contributed by atoms with Crippen LogP contribution in [0.2, 0.25) is 0 Å². The SMILES string of the molecule is CN(C)CCOc1ccc(-c2ccccn2)nn1. The Morgan fingerprint density at radius 1 is 1.06 bits per heavy atom. The average molecular weight is 244 g/mol. The number of likely N-dealkylation sites (N-methyl/N-ethyl adjacent to an activating group) is 1. The van der Waals surface area contributed by atoms with E-state index in [2.05, 4.69) is 20.1 Å². The molecule has 0 fully saturated rings. The zero-order valence-corrected chi connectivity index (χ0v) is 10.6. The first kappa shape index (κ1) is 12.4. The molecule has 0 spiro atoms. The van der Waals surface area contributed by atoms with Gasteiger partial charge in [-0.3, -0.25) is 4.98 Å². The van der Waals surface area contributed by atoms with Crippen LogP contribution in [0.25, 0.3) is 11.4 Å². The Kier molecular flexibility index (Phi) is 4.20. The van der Waals surface area contributed by atoms with E-state index in [1.54, 1.807) is 6.20 Å². The highest BCUT2D eigenvalue weighted by Crippen LogP contribution is 2.14. The molecule has 2 heterocycles. The molecule has 2 rings (SSSR count). The van der Waals surface area contributed by atoms with Gasteiger partial charge in [-0.05, 0) is 32.3 Å². The van der Waals surface area contributed by atoms with Crippen molar-refractivity contribution in [2.45, 2.75) is 0 Å². The molecule has 0 atom stereocenters. The van der Waals surface area contributed by atoms with Crippen molar-refractivity contribution in [1.82, 2.24) is 20.1 Å². The predicted molar refractivity (Wildman–Crippen MR) is 69.3 cm³/mol. The highest BCUT2D eigenvalue weighted by molar-refractivity contribution is 5.52. The summed E-state index contributed by atoms with van der Waals surface area (Å²) in [5.74, 6) is 0.538. The van der Waals surface area contributed by atoms with Crippen LogP contribution >= 0.6 is 0 Å². The van der Waals surface area contributed by atoms with Crippen LogP contribution in [0, 0.1) is 0 Å². The topological polar surface area (TPSA) is 51.1 Å². The highest BCUT2D eigenvalue weighted by atomic mass is 16.5. The molecule has 0 bridgehead atoms. The summed E-state index contributed by atoms with van der Waals surface area (Å²) >= 11 is 0. The van der Waals surface area contributed by atoms with Gasteiger partial charge in [0.1, 0.15) is 12.3 Å². The average Bonchev–Trinajstić information content (AvgIpc) is 2.40. The fraction of sp³-hybridized carbons (Fsp3) is 0.308. The Bertz CT molecular complexity index is 470. The molecule has 0 amide bonds. The third-order valence-corrected chi connectivity index (χ3v) is 2.36. The van der Waals surface area contributed by atoms with Crippen molar-refractivity contribution < 1.29 is 4.74 Å². The lowest BCUT2D eigenvalue weighted by atomic mass is 10.2. The summed E-state index contributed by atoms with van der Waals surface area (Å²) in [6.45, 7) is 1.45. The lowest BCUT2D eigenvalue weighted by Crippen LogP contribution is -2.19. The number of hydrogen-bond acceptors (Lipinski definition) is 5. The summed E-state index contributed by atoms with van der Waals surface area (Å²) in [4.78, 5) is 6.27. The molecule has 0 unspecified atom stereocenters. The van der Waals surface area contributed by atoms with E-state index in [0.717, 1.165) is 17.9 Å². The molecule has 0 saturated carbocycles. The Morgan fingerprint density at radius 2 is 1.94 bits per heavy atom. The van der Waals surface area contributed by atoms with Crippen LogP contribution in [-0.2, 0) is 0 Å². The van der Waals surface area contributed by atoms with Crippen molar-refractivity contribution in [2.24, 2.45) is 0 Å². The van der Waals surface area contributed by atoms with Gasteiger partial charge in [0, 0.05) is 18.8 Å². The van der Waals surface area contributed by atoms with Crippen LogP contribution in [-0.4, -0.2) is 47.3 Å². The van der Waals surface area contributed by atoms with Crippen LogP contribution in [0.4, 0.5) is 0 Å². The first-order valence-corrected chi connectivity index (χ1v) is 5.78. The quantitative estimate of drug-likeness (QED) is 0.797. The minimum Gasteiger partial charge on any atom is -0.475 e. The van der Waals surface area contributed by atoms with Crippen LogP contribution < -0.4 is 4.74 Å². The zero-order valence-electron chi connectivity index (χ0n) is 10.6. The van der Waals surface area contributed by atoms with E-state index in [0.29, 0.717) is 12.5 Å². The Morgan fingerprint density at radius 3 is 2.56 bits per heavy atom. The van der Waals surface area contributed by atoms with Gasteiger partial charge in [-0.15, -0.1) is 10.2 Å². The van der Waals surface area contributed by atoms with Crippen LogP contribution in [0.3, 0.4) is 0 Å². The number of ether oxygens (including phenoxy) is 1. The molecule has 0 aliphatic heterocycles. The van der Waals surface area contributed by atoms with E-state index in [1.807, 2.05) is 44.4 Å². The summed E-state index contributed by atoms with van der Waals surface area (Å²) in [5, 5.41) is 8.12. The Balaban J connectivity index is 1.98. The fourth-order valence-electron chi connectivity index (χ4n) is 1.38. The smallest absolute Gasteiger partial charge is 0.233 e. The molecule has 5 heteroatoms. The number of nitrogens with zero attached hydrogens (tertiary/aromatic N) is 4. The zero-order chi connectivity index (χ0) is 12.8. The Hall–Kier alpha value is -2.01. The van der Waals surface area contributed by atoms with Gasteiger partial charge in [-0.1, -0.05) is 6.07 Å².